The number of amides is 1. The van der Waals surface area contributed by atoms with Gasteiger partial charge >= 0.3 is 5.97 Å². The van der Waals surface area contributed by atoms with Crippen molar-refractivity contribution >= 4 is 11.9 Å². The average Bonchev–Trinajstić information content (AvgIpc) is 2.53. The van der Waals surface area contributed by atoms with E-state index in [2.05, 4.69) is 19.2 Å². The SMILES string of the molecule is CC(C)CCNC(=O)CN1CCCCCC1C(=O)O. The molecule has 0 aromatic carbocycles. The van der Waals surface area contributed by atoms with E-state index in [4.69, 9.17) is 0 Å². The molecule has 19 heavy (non-hydrogen) atoms. The van der Waals surface area contributed by atoms with Gasteiger partial charge in [-0.15, -0.1) is 0 Å². The first-order valence-electron chi connectivity index (χ1n) is 7.24. The first-order valence-corrected chi connectivity index (χ1v) is 7.24. The fraction of sp³-hybridized carbons (Fsp3) is 0.857. The number of rotatable bonds is 6. The summed E-state index contributed by atoms with van der Waals surface area (Å²) in [4.78, 5) is 24.9. The van der Waals surface area contributed by atoms with Crippen molar-refractivity contribution in [3.63, 3.8) is 0 Å². The molecule has 2 N–H and O–H groups in total. The summed E-state index contributed by atoms with van der Waals surface area (Å²) in [6.45, 7) is 5.80. The van der Waals surface area contributed by atoms with Crippen molar-refractivity contribution in [3.8, 4) is 0 Å². The van der Waals surface area contributed by atoms with Gasteiger partial charge < -0.3 is 10.4 Å². The van der Waals surface area contributed by atoms with Gasteiger partial charge in [-0.25, -0.2) is 0 Å². The molecule has 1 aliphatic heterocycles. The summed E-state index contributed by atoms with van der Waals surface area (Å²) in [6.07, 6.45) is 4.56. The van der Waals surface area contributed by atoms with Crippen molar-refractivity contribution < 1.29 is 14.7 Å². The Morgan fingerprint density at radius 1 is 1.32 bits per heavy atom. The molecule has 1 amide bonds. The average molecular weight is 270 g/mol. The zero-order valence-electron chi connectivity index (χ0n) is 12.0. The second-order valence-corrected chi connectivity index (χ2v) is 5.71. The van der Waals surface area contributed by atoms with E-state index in [9.17, 15) is 14.7 Å². The van der Waals surface area contributed by atoms with Gasteiger partial charge in [0.2, 0.25) is 5.91 Å². The van der Waals surface area contributed by atoms with Crippen LogP contribution in [0.4, 0.5) is 0 Å². The van der Waals surface area contributed by atoms with Crippen LogP contribution in [0.15, 0.2) is 0 Å². The lowest BCUT2D eigenvalue weighted by Crippen LogP contribution is -2.46. The Morgan fingerprint density at radius 3 is 2.68 bits per heavy atom. The highest BCUT2D eigenvalue weighted by atomic mass is 16.4. The first-order chi connectivity index (χ1) is 9.00. The van der Waals surface area contributed by atoms with Gasteiger partial charge in [0.05, 0.1) is 6.54 Å². The lowest BCUT2D eigenvalue weighted by Gasteiger charge is -2.25. The van der Waals surface area contributed by atoms with Gasteiger partial charge in [0.15, 0.2) is 0 Å². The van der Waals surface area contributed by atoms with Gasteiger partial charge in [-0.05, 0) is 31.7 Å². The van der Waals surface area contributed by atoms with Gasteiger partial charge in [-0.2, -0.15) is 0 Å². The minimum atomic E-state index is -0.808. The number of likely N-dealkylation sites (tertiary alicyclic amines) is 1. The largest absolute Gasteiger partial charge is 0.480 e. The van der Waals surface area contributed by atoms with Gasteiger partial charge in [-0.1, -0.05) is 26.7 Å². The van der Waals surface area contributed by atoms with Crippen LogP contribution < -0.4 is 5.32 Å². The number of carbonyl (C=O) groups excluding carboxylic acids is 1. The van der Waals surface area contributed by atoms with Gasteiger partial charge in [0.25, 0.3) is 0 Å². The molecule has 0 saturated carbocycles. The van der Waals surface area contributed by atoms with Crippen molar-refractivity contribution in [1.29, 1.82) is 0 Å². The number of nitrogens with one attached hydrogen (secondary N) is 1. The Kier molecular flexibility index (Phi) is 6.84. The quantitative estimate of drug-likeness (QED) is 0.767. The van der Waals surface area contributed by atoms with E-state index in [-0.39, 0.29) is 12.5 Å². The lowest BCUT2D eigenvalue weighted by molar-refractivity contribution is -0.144. The summed E-state index contributed by atoms with van der Waals surface area (Å²) >= 11 is 0. The number of carboxylic acid groups (broad SMARTS) is 1. The Morgan fingerprint density at radius 2 is 2.05 bits per heavy atom. The second-order valence-electron chi connectivity index (χ2n) is 5.71. The molecule has 0 spiro atoms. The second kappa shape index (κ2) is 8.15. The van der Waals surface area contributed by atoms with E-state index < -0.39 is 12.0 Å². The van der Waals surface area contributed by atoms with E-state index in [1.807, 2.05) is 0 Å². The maximum absolute atomic E-state index is 11.8. The Labute approximate surface area is 115 Å². The molecule has 1 saturated heterocycles. The van der Waals surface area contributed by atoms with E-state index >= 15 is 0 Å². The summed E-state index contributed by atoms with van der Waals surface area (Å²) in [5.74, 6) is -0.309. The lowest BCUT2D eigenvalue weighted by atomic mass is 10.1. The maximum Gasteiger partial charge on any atom is 0.320 e. The summed E-state index contributed by atoms with van der Waals surface area (Å²) in [5, 5.41) is 12.1. The van der Waals surface area contributed by atoms with Gasteiger partial charge in [0.1, 0.15) is 6.04 Å². The van der Waals surface area contributed by atoms with Crippen molar-refractivity contribution in [1.82, 2.24) is 10.2 Å². The van der Waals surface area contributed by atoms with Crippen LogP contribution in [0.1, 0.15) is 46.0 Å². The Balaban J connectivity index is 2.42. The monoisotopic (exact) mass is 270 g/mol. The summed E-state index contributed by atoms with van der Waals surface area (Å²) in [7, 11) is 0. The summed E-state index contributed by atoms with van der Waals surface area (Å²) < 4.78 is 0. The molecule has 0 bridgehead atoms. The van der Waals surface area contributed by atoms with Gasteiger partial charge in [-0.3, -0.25) is 14.5 Å². The number of carboxylic acids is 1. The smallest absolute Gasteiger partial charge is 0.320 e. The number of hydrogen-bond donors (Lipinski definition) is 2. The van der Waals surface area contributed by atoms with Crippen LogP contribution in [0.5, 0.6) is 0 Å². The Bertz CT molecular complexity index is 305. The van der Waals surface area contributed by atoms with Crippen molar-refractivity contribution in [2.75, 3.05) is 19.6 Å². The highest BCUT2D eigenvalue weighted by Gasteiger charge is 2.28. The normalized spacial score (nSPS) is 21.1. The molecule has 5 nitrogen and oxygen atoms in total. The fourth-order valence-corrected chi connectivity index (χ4v) is 2.38. The minimum Gasteiger partial charge on any atom is -0.480 e. The van der Waals surface area contributed by atoms with Crippen molar-refractivity contribution in [2.24, 2.45) is 5.92 Å². The molecule has 1 heterocycles. The third-order valence-corrected chi connectivity index (χ3v) is 3.54. The zero-order chi connectivity index (χ0) is 14.3. The topological polar surface area (TPSA) is 69.6 Å². The highest BCUT2D eigenvalue weighted by molar-refractivity contribution is 5.79. The number of aliphatic carboxylic acids is 1. The molecule has 1 fully saturated rings. The molecule has 0 radical (unpaired) electrons. The van der Waals surface area contributed by atoms with Crippen LogP contribution in [0.2, 0.25) is 0 Å². The fourth-order valence-electron chi connectivity index (χ4n) is 2.38. The molecule has 0 aromatic rings. The zero-order valence-corrected chi connectivity index (χ0v) is 12.0. The molecular formula is C14H26N2O3. The molecule has 110 valence electrons. The molecule has 5 heteroatoms. The predicted molar refractivity (Wildman–Crippen MR) is 73.9 cm³/mol. The Hall–Kier alpha value is -1.10. The molecule has 0 aliphatic carbocycles. The number of carbonyl (C=O) groups is 2. The van der Waals surface area contributed by atoms with E-state index in [1.54, 1.807) is 4.90 Å². The number of hydrogen-bond acceptors (Lipinski definition) is 3. The molecule has 1 atom stereocenters. The molecule has 1 unspecified atom stereocenters. The molecule has 0 aromatic heterocycles. The predicted octanol–water partition coefficient (Wildman–Crippen LogP) is 1.48. The summed E-state index contributed by atoms with van der Waals surface area (Å²) in [6, 6.07) is -0.502. The van der Waals surface area contributed by atoms with Crippen LogP contribution in [-0.2, 0) is 9.59 Å². The minimum absolute atomic E-state index is 0.0613. The maximum atomic E-state index is 11.8. The first kappa shape index (κ1) is 16.0. The number of nitrogens with zero attached hydrogens (tertiary/aromatic N) is 1. The van der Waals surface area contributed by atoms with Crippen LogP contribution in [-0.4, -0.2) is 47.6 Å². The van der Waals surface area contributed by atoms with Crippen LogP contribution in [0.3, 0.4) is 0 Å². The van der Waals surface area contributed by atoms with Crippen LogP contribution in [0, 0.1) is 5.92 Å². The molecular weight excluding hydrogens is 244 g/mol. The van der Waals surface area contributed by atoms with E-state index in [0.29, 0.717) is 25.4 Å². The third-order valence-electron chi connectivity index (χ3n) is 3.54. The van der Waals surface area contributed by atoms with Crippen LogP contribution >= 0.6 is 0 Å². The van der Waals surface area contributed by atoms with Crippen LogP contribution in [0.25, 0.3) is 0 Å². The van der Waals surface area contributed by atoms with E-state index in [1.165, 1.54) is 0 Å². The van der Waals surface area contributed by atoms with Gasteiger partial charge in [0, 0.05) is 6.54 Å². The standard InChI is InChI=1S/C14H26N2O3/c1-11(2)7-8-15-13(17)10-16-9-5-3-4-6-12(16)14(18)19/h11-12H,3-10H2,1-2H3,(H,15,17)(H,18,19). The van der Waals surface area contributed by atoms with E-state index in [0.717, 1.165) is 25.7 Å². The molecule has 1 rings (SSSR count). The summed E-state index contributed by atoms with van der Waals surface area (Å²) in [5.41, 5.74) is 0. The molecule has 1 aliphatic rings. The van der Waals surface area contributed by atoms with Crippen molar-refractivity contribution in [2.45, 2.75) is 52.0 Å². The highest BCUT2D eigenvalue weighted by Crippen LogP contribution is 2.16. The van der Waals surface area contributed by atoms with Crippen molar-refractivity contribution in [3.05, 3.63) is 0 Å². The third kappa shape index (κ3) is 6.05.